The highest BCUT2D eigenvalue weighted by atomic mass is 35.5. The molecule has 1 aliphatic heterocycles. The first-order valence-electron chi connectivity index (χ1n) is 6.87. The van der Waals surface area contributed by atoms with Crippen molar-refractivity contribution in [2.24, 2.45) is 0 Å². The Hall–Kier alpha value is -1.50. The van der Waals surface area contributed by atoms with E-state index in [1.165, 1.54) is 24.4 Å². The van der Waals surface area contributed by atoms with Gasteiger partial charge >= 0.3 is 0 Å². The second-order valence-corrected chi connectivity index (χ2v) is 6.23. The van der Waals surface area contributed by atoms with Gasteiger partial charge in [0.15, 0.2) is 16.6 Å². The number of benzene rings is 1. The van der Waals surface area contributed by atoms with Gasteiger partial charge in [0.05, 0.1) is 0 Å². The summed E-state index contributed by atoms with van der Waals surface area (Å²) in [5.41, 5.74) is 4.97. The fourth-order valence-corrected chi connectivity index (χ4v) is 3.11. The van der Waals surface area contributed by atoms with Crippen molar-refractivity contribution < 1.29 is 5.11 Å². The molecular formula is C14H17ClN4OS. The average Bonchev–Trinajstić information content (AvgIpc) is 3.09. The molecule has 1 aliphatic rings. The minimum Gasteiger partial charge on any atom is -0.502 e. The molecule has 5 nitrogen and oxygen atoms in total. The molecule has 1 fully saturated rings. The van der Waals surface area contributed by atoms with Gasteiger partial charge in [0, 0.05) is 23.8 Å². The summed E-state index contributed by atoms with van der Waals surface area (Å²) in [6.07, 6.45) is 2.34. The van der Waals surface area contributed by atoms with Crippen LogP contribution in [0.1, 0.15) is 18.4 Å². The van der Waals surface area contributed by atoms with Crippen LogP contribution in [0.3, 0.4) is 0 Å². The quantitative estimate of drug-likeness (QED) is 0.794. The number of nitrogens with one attached hydrogen (secondary N) is 2. The van der Waals surface area contributed by atoms with Crippen molar-refractivity contribution >= 4 is 39.6 Å². The SMILES string of the molecule is Cc1c(Cl)cccc1Nc1snc(NN2CCCC2)c1O. The number of hydrazine groups is 1. The number of hydrogen-bond acceptors (Lipinski definition) is 6. The Morgan fingerprint density at radius 1 is 1.33 bits per heavy atom. The molecule has 0 atom stereocenters. The van der Waals surface area contributed by atoms with Crippen LogP contribution in [-0.4, -0.2) is 27.6 Å². The Balaban J connectivity index is 1.77. The third-order valence-corrected chi connectivity index (χ3v) is 4.71. The molecule has 0 saturated carbocycles. The van der Waals surface area contributed by atoms with Gasteiger partial charge in [-0.1, -0.05) is 17.7 Å². The summed E-state index contributed by atoms with van der Waals surface area (Å²) in [4.78, 5) is 0. The zero-order valence-corrected chi connectivity index (χ0v) is 13.3. The van der Waals surface area contributed by atoms with Crippen molar-refractivity contribution in [3.05, 3.63) is 28.8 Å². The highest BCUT2D eigenvalue weighted by Gasteiger charge is 2.18. The molecule has 7 heteroatoms. The molecule has 0 aliphatic carbocycles. The van der Waals surface area contributed by atoms with Crippen molar-refractivity contribution in [1.29, 1.82) is 0 Å². The Morgan fingerprint density at radius 3 is 2.86 bits per heavy atom. The summed E-state index contributed by atoms with van der Waals surface area (Å²) in [5, 5.41) is 16.8. The topological polar surface area (TPSA) is 60.4 Å². The van der Waals surface area contributed by atoms with Gasteiger partial charge in [-0.25, -0.2) is 5.01 Å². The zero-order chi connectivity index (χ0) is 14.8. The van der Waals surface area contributed by atoms with E-state index in [1.807, 2.05) is 25.1 Å². The smallest absolute Gasteiger partial charge is 0.198 e. The average molecular weight is 325 g/mol. The third kappa shape index (κ3) is 3.07. The highest BCUT2D eigenvalue weighted by Crippen LogP contribution is 2.39. The molecule has 1 aromatic carbocycles. The Bertz CT molecular complexity index is 640. The summed E-state index contributed by atoms with van der Waals surface area (Å²) in [6, 6.07) is 5.64. The summed E-state index contributed by atoms with van der Waals surface area (Å²) >= 11 is 7.33. The lowest BCUT2D eigenvalue weighted by Gasteiger charge is -2.15. The third-order valence-electron chi connectivity index (χ3n) is 3.55. The molecule has 2 heterocycles. The van der Waals surface area contributed by atoms with Crippen LogP contribution in [0.2, 0.25) is 5.02 Å². The molecular weight excluding hydrogens is 308 g/mol. The van der Waals surface area contributed by atoms with E-state index < -0.39 is 0 Å². The van der Waals surface area contributed by atoms with Crippen LogP contribution in [0.25, 0.3) is 0 Å². The van der Waals surface area contributed by atoms with Crippen LogP contribution in [0.4, 0.5) is 16.5 Å². The first-order valence-corrected chi connectivity index (χ1v) is 8.02. The van der Waals surface area contributed by atoms with Gasteiger partial charge in [-0.15, -0.1) is 0 Å². The van der Waals surface area contributed by atoms with E-state index in [-0.39, 0.29) is 5.75 Å². The van der Waals surface area contributed by atoms with Crippen LogP contribution in [0.5, 0.6) is 5.75 Å². The number of aromatic nitrogens is 1. The van der Waals surface area contributed by atoms with Crippen LogP contribution < -0.4 is 10.7 Å². The fourth-order valence-electron chi connectivity index (χ4n) is 2.28. The Morgan fingerprint density at radius 2 is 2.10 bits per heavy atom. The minimum atomic E-state index is 0.145. The van der Waals surface area contributed by atoms with Gasteiger partial charge in [-0.05, 0) is 49.0 Å². The number of rotatable bonds is 4. The normalized spacial score (nSPS) is 15.3. The van der Waals surface area contributed by atoms with E-state index in [0.717, 1.165) is 24.3 Å². The molecule has 3 rings (SSSR count). The first-order chi connectivity index (χ1) is 10.1. The lowest BCUT2D eigenvalue weighted by atomic mass is 10.2. The Kier molecular flexibility index (Phi) is 4.19. The summed E-state index contributed by atoms with van der Waals surface area (Å²) in [7, 11) is 0. The number of anilines is 3. The molecule has 21 heavy (non-hydrogen) atoms. The molecule has 2 aromatic rings. The van der Waals surface area contributed by atoms with Crippen LogP contribution in [0.15, 0.2) is 18.2 Å². The molecule has 112 valence electrons. The predicted molar refractivity (Wildman–Crippen MR) is 87.7 cm³/mol. The van der Waals surface area contributed by atoms with Gasteiger partial charge in [0.25, 0.3) is 0 Å². The second-order valence-electron chi connectivity index (χ2n) is 5.05. The second kappa shape index (κ2) is 6.09. The molecule has 0 unspecified atom stereocenters. The van der Waals surface area contributed by atoms with E-state index in [2.05, 4.69) is 20.1 Å². The van der Waals surface area contributed by atoms with Crippen LogP contribution in [-0.2, 0) is 0 Å². The highest BCUT2D eigenvalue weighted by molar-refractivity contribution is 7.11. The maximum absolute atomic E-state index is 10.3. The standard InChI is InChI=1S/C14H17ClN4OS/c1-9-10(15)5-4-6-11(9)16-14-12(20)13(18-21-14)17-19-7-2-3-8-19/h4-6,16,20H,2-3,7-8H2,1H3,(H,17,18). The Labute approximate surface area is 132 Å². The van der Waals surface area contributed by atoms with Crippen molar-refractivity contribution in [2.75, 3.05) is 23.8 Å². The monoisotopic (exact) mass is 324 g/mol. The van der Waals surface area contributed by atoms with Gasteiger partial charge in [-0.2, -0.15) is 4.37 Å². The molecule has 0 radical (unpaired) electrons. The molecule has 0 spiro atoms. The maximum atomic E-state index is 10.3. The van der Waals surface area contributed by atoms with Crippen molar-refractivity contribution in [2.45, 2.75) is 19.8 Å². The summed E-state index contributed by atoms with van der Waals surface area (Å²) < 4.78 is 4.27. The fraction of sp³-hybridized carbons (Fsp3) is 0.357. The molecule has 1 saturated heterocycles. The van der Waals surface area contributed by atoms with E-state index in [4.69, 9.17) is 11.6 Å². The van der Waals surface area contributed by atoms with E-state index in [9.17, 15) is 5.11 Å². The lowest BCUT2D eigenvalue weighted by Crippen LogP contribution is -2.26. The van der Waals surface area contributed by atoms with E-state index in [0.29, 0.717) is 15.8 Å². The van der Waals surface area contributed by atoms with E-state index >= 15 is 0 Å². The van der Waals surface area contributed by atoms with Crippen molar-refractivity contribution in [1.82, 2.24) is 9.38 Å². The minimum absolute atomic E-state index is 0.145. The number of hydrogen-bond donors (Lipinski definition) is 3. The molecule has 1 aromatic heterocycles. The van der Waals surface area contributed by atoms with Gasteiger partial charge in [0.2, 0.25) is 0 Å². The largest absolute Gasteiger partial charge is 0.502 e. The summed E-state index contributed by atoms with van der Waals surface area (Å²) in [6.45, 7) is 3.90. The zero-order valence-electron chi connectivity index (χ0n) is 11.7. The van der Waals surface area contributed by atoms with Gasteiger partial charge in [-0.3, -0.25) is 5.43 Å². The van der Waals surface area contributed by atoms with E-state index in [1.54, 1.807) is 0 Å². The van der Waals surface area contributed by atoms with Crippen molar-refractivity contribution in [3.63, 3.8) is 0 Å². The molecule has 3 N–H and O–H groups in total. The van der Waals surface area contributed by atoms with Crippen LogP contribution in [0, 0.1) is 6.92 Å². The predicted octanol–water partition coefficient (Wildman–Crippen LogP) is 3.98. The van der Waals surface area contributed by atoms with Gasteiger partial charge in [0.1, 0.15) is 0 Å². The number of halogens is 1. The van der Waals surface area contributed by atoms with Crippen molar-refractivity contribution in [3.8, 4) is 5.75 Å². The number of nitrogens with zero attached hydrogens (tertiary/aromatic N) is 2. The van der Waals surface area contributed by atoms with Gasteiger partial charge < -0.3 is 10.4 Å². The molecule has 0 bridgehead atoms. The summed E-state index contributed by atoms with van der Waals surface area (Å²) in [5.74, 6) is 0.648. The molecule has 0 amide bonds. The lowest BCUT2D eigenvalue weighted by molar-refractivity contribution is 0.401. The maximum Gasteiger partial charge on any atom is 0.198 e. The van der Waals surface area contributed by atoms with Crippen LogP contribution >= 0.6 is 23.1 Å². The number of aromatic hydroxyl groups is 1. The first kappa shape index (κ1) is 14.4.